The molecule has 2 rings (SSSR count). The molecular weight excluding hydrogens is 368 g/mol. The Labute approximate surface area is 129 Å². The van der Waals surface area contributed by atoms with E-state index in [2.05, 4.69) is 31.1 Å². The van der Waals surface area contributed by atoms with Crippen molar-refractivity contribution in [2.75, 3.05) is 10.1 Å². The van der Waals surface area contributed by atoms with Crippen LogP contribution in [0.2, 0.25) is 5.02 Å². The summed E-state index contributed by atoms with van der Waals surface area (Å²) in [7, 11) is -3.86. The van der Waals surface area contributed by atoms with Crippen molar-refractivity contribution in [3.05, 3.63) is 46.0 Å². The molecule has 0 spiro atoms. The lowest BCUT2D eigenvalue weighted by Gasteiger charge is -2.12. The minimum Gasteiger partial charge on any atom is -0.307 e. The number of pyridine rings is 1. The normalized spacial score (nSPS) is 11.2. The molecule has 0 bridgehead atoms. The van der Waals surface area contributed by atoms with Crippen LogP contribution in [0.1, 0.15) is 0 Å². The summed E-state index contributed by atoms with van der Waals surface area (Å²) in [6.07, 6.45) is 1.43. The fourth-order valence-electron chi connectivity index (χ4n) is 1.49. The van der Waals surface area contributed by atoms with Crippen molar-refractivity contribution < 1.29 is 8.42 Å². The van der Waals surface area contributed by atoms with Crippen LogP contribution in [-0.4, -0.2) is 13.4 Å². The third-order valence-electron chi connectivity index (χ3n) is 2.37. The summed E-state index contributed by atoms with van der Waals surface area (Å²) in [5.74, 6) is 5.30. The van der Waals surface area contributed by atoms with Gasteiger partial charge in [0.05, 0.1) is 10.7 Å². The zero-order valence-electron chi connectivity index (χ0n) is 9.97. The highest BCUT2D eigenvalue weighted by atomic mass is 79.9. The summed E-state index contributed by atoms with van der Waals surface area (Å²) < 4.78 is 27.7. The third kappa shape index (κ3) is 3.21. The van der Waals surface area contributed by atoms with E-state index in [0.717, 1.165) is 0 Å². The lowest BCUT2D eigenvalue weighted by Crippen LogP contribution is -2.18. The summed E-state index contributed by atoms with van der Waals surface area (Å²) in [6.45, 7) is 0. The van der Waals surface area contributed by atoms with Gasteiger partial charge in [-0.05, 0) is 30.3 Å². The van der Waals surface area contributed by atoms with Crippen molar-refractivity contribution in [1.29, 1.82) is 0 Å². The van der Waals surface area contributed by atoms with Gasteiger partial charge in [-0.15, -0.1) is 0 Å². The Morgan fingerprint density at radius 1 is 1.30 bits per heavy atom. The molecule has 9 heteroatoms. The summed E-state index contributed by atoms with van der Waals surface area (Å²) >= 11 is 9.21. The van der Waals surface area contributed by atoms with Crippen LogP contribution < -0.4 is 16.0 Å². The molecule has 1 heterocycles. The van der Waals surface area contributed by atoms with Crippen LogP contribution in [0.15, 0.2) is 45.9 Å². The van der Waals surface area contributed by atoms with E-state index in [1.54, 1.807) is 18.2 Å². The van der Waals surface area contributed by atoms with Gasteiger partial charge in [0.1, 0.15) is 4.90 Å². The number of hydrazine groups is 1. The zero-order chi connectivity index (χ0) is 14.8. The average molecular weight is 378 g/mol. The molecule has 0 aliphatic carbocycles. The van der Waals surface area contributed by atoms with Gasteiger partial charge < -0.3 is 5.43 Å². The van der Waals surface area contributed by atoms with Crippen LogP contribution in [0.3, 0.4) is 0 Å². The first-order valence-corrected chi connectivity index (χ1v) is 7.99. The minimum absolute atomic E-state index is 0.0473. The van der Waals surface area contributed by atoms with Crippen LogP contribution in [-0.2, 0) is 10.0 Å². The van der Waals surface area contributed by atoms with Crippen LogP contribution in [0.4, 0.5) is 11.5 Å². The second-order valence-electron chi connectivity index (χ2n) is 3.72. The Bertz CT molecular complexity index is 739. The number of nitrogens with two attached hydrogens (primary N) is 1. The zero-order valence-corrected chi connectivity index (χ0v) is 13.1. The molecule has 6 nitrogen and oxygen atoms in total. The summed E-state index contributed by atoms with van der Waals surface area (Å²) in [6, 6.07) is 7.73. The van der Waals surface area contributed by atoms with Crippen molar-refractivity contribution in [3.63, 3.8) is 0 Å². The standard InChI is InChI=1S/C11H10BrClN4O2S/c12-7-3-4-8(13)9(6-7)17-20(18,19)10-2-1-5-15-11(10)16-14/h1-6,17H,14H2,(H,15,16). The quantitative estimate of drug-likeness (QED) is 0.562. The fraction of sp³-hybridized carbons (Fsp3) is 0. The molecule has 0 aliphatic rings. The lowest BCUT2D eigenvalue weighted by molar-refractivity contribution is 0.601. The van der Waals surface area contributed by atoms with Crippen LogP contribution >= 0.6 is 27.5 Å². The van der Waals surface area contributed by atoms with Crippen molar-refractivity contribution in [1.82, 2.24) is 4.98 Å². The second kappa shape index (κ2) is 5.96. The van der Waals surface area contributed by atoms with Gasteiger partial charge in [-0.25, -0.2) is 19.2 Å². The first kappa shape index (κ1) is 15.0. The van der Waals surface area contributed by atoms with Crippen molar-refractivity contribution in [2.45, 2.75) is 4.90 Å². The maximum Gasteiger partial charge on any atom is 0.265 e. The first-order chi connectivity index (χ1) is 9.44. The molecule has 1 aromatic heterocycles. The van der Waals surface area contributed by atoms with E-state index in [1.807, 2.05) is 0 Å². The van der Waals surface area contributed by atoms with Gasteiger partial charge in [0.2, 0.25) is 0 Å². The Kier molecular flexibility index (Phi) is 4.48. The number of rotatable bonds is 4. The average Bonchev–Trinajstić information content (AvgIpc) is 2.42. The molecule has 0 atom stereocenters. The molecular formula is C11H10BrClN4O2S. The van der Waals surface area contributed by atoms with E-state index in [-0.39, 0.29) is 21.4 Å². The number of nitrogens with zero attached hydrogens (tertiary/aromatic N) is 1. The third-order valence-corrected chi connectivity index (χ3v) is 4.59. The molecule has 20 heavy (non-hydrogen) atoms. The number of nitrogens with one attached hydrogen (secondary N) is 2. The smallest absolute Gasteiger partial charge is 0.265 e. The molecule has 0 unspecified atom stereocenters. The number of hydrogen-bond donors (Lipinski definition) is 3. The molecule has 2 aromatic rings. The van der Waals surface area contributed by atoms with E-state index < -0.39 is 10.0 Å². The van der Waals surface area contributed by atoms with Crippen molar-refractivity contribution in [3.8, 4) is 0 Å². The molecule has 0 aliphatic heterocycles. The van der Waals surface area contributed by atoms with Gasteiger partial charge in [-0.3, -0.25) is 4.72 Å². The highest BCUT2D eigenvalue weighted by Crippen LogP contribution is 2.29. The predicted octanol–water partition coefficient (Wildman–Crippen LogP) is 2.58. The summed E-state index contributed by atoms with van der Waals surface area (Å²) in [5.41, 5.74) is 2.50. The Hall–Kier alpha value is -1.35. The maximum atomic E-state index is 12.3. The predicted molar refractivity (Wildman–Crippen MR) is 82.0 cm³/mol. The first-order valence-electron chi connectivity index (χ1n) is 5.33. The fourth-order valence-corrected chi connectivity index (χ4v) is 3.27. The highest BCUT2D eigenvalue weighted by molar-refractivity contribution is 9.10. The molecule has 0 amide bonds. The number of halogens is 2. The lowest BCUT2D eigenvalue weighted by atomic mass is 10.3. The maximum absolute atomic E-state index is 12.3. The van der Waals surface area contributed by atoms with Gasteiger partial charge in [-0.1, -0.05) is 27.5 Å². The van der Waals surface area contributed by atoms with Gasteiger partial charge in [-0.2, -0.15) is 0 Å². The SMILES string of the molecule is NNc1ncccc1S(=O)(=O)Nc1cc(Br)ccc1Cl. The summed E-state index contributed by atoms with van der Waals surface area (Å²) in [4.78, 5) is 3.78. The number of nitrogen functional groups attached to an aromatic ring is 1. The van der Waals surface area contributed by atoms with Crippen LogP contribution in [0.5, 0.6) is 0 Å². The Balaban J connectivity index is 2.43. The van der Waals surface area contributed by atoms with Gasteiger partial charge in [0, 0.05) is 10.7 Å². The topological polar surface area (TPSA) is 97.1 Å². The molecule has 106 valence electrons. The van der Waals surface area contributed by atoms with E-state index in [1.165, 1.54) is 18.3 Å². The molecule has 0 saturated carbocycles. The van der Waals surface area contributed by atoms with E-state index in [9.17, 15) is 8.42 Å². The number of hydrogen-bond acceptors (Lipinski definition) is 5. The van der Waals surface area contributed by atoms with Crippen LogP contribution in [0.25, 0.3) is 0 Å². The minimum atomic E-state index is -3.86. The molecule has 0 fully saturated rings. The largest absolute Gasteiger partial charge is 0.307 e. The van der Waals surface area contributed by atoms with Crippen LogP contribution in [0, 0.1) is 0 Å². The molecule has 1 aromatic carbocycles. The van der Waals surface area contributed by atoms with Gasteiger partial charge >= 0.3 is 0 Å². The highest BCUT2D eigenvalue weighted by Gasteiger charge is 2.20. The van der Waals surface area contributed by atoms with Crippen molar-refractivity contribution in [2.24, 2.45) is 5.84 Å². The molecule has 0 radical (unpaired) electrons. The van der Waals surface area contributed by atoms with E-state index in [4.69, 9.17) is 17.4 Å². The van der Waals surface area contributed by atoms with Gasteiger partial charge in [0.25, 0.3) is 10.0 Å². The second-order valence-corrected chi connectivity index (χ2v) is 6.70. The molecule has 0 saturated heterocycles. The monoisotopic (exact) mass is 376 g/mol. The number of benzene rings is 1. The molecule has 4 N–H and O–H groups in total. The van der Waals surface area contributed by atoms with E-state index >= 15 is 0 Å². The Morgan fingerprint density at radius 3 is 2.75 bits per heavy atom. The van der Waals surface area contributed by atoms with E-state index in [0.29, 0.717) is 4.47 Å². The van der Waals surface area contributed by atoms with Gasteiger partial charge in [0.15, 0.2) is 5.82 Å². The number of sulfonamides is 1. The van der Waals surface area contributed by atoms with Crippen molar-refractivity contribution >= 4 is 49.1 Å². The number of anilines is 2. The Morgan fingerprint density at radius 2 is 2.05 bits per heavy atom. The number of aromatic nitrogens is 1. The summed E-state index contributed by atoms with van der Waals surface area (Å²) in [5, 5.41) is 0.280.